The number of ether oxygens (including phenoxy) is 2. The summed E-state index contributed by atoms with van der Waals surface area (Å²) in [5.41, 5.74) is 3.60. The quantitative estimate of drug-likeness (QED) is 0.453. The van der Waals surface area contributed by atoms with Gasteiger partial charge in [0.25, 0.3) is 0 Å². The second kappa shape index (κ2) is 9.89. The number of pyridine rings is 1. The molecule has 134 valence electrons. The molecular formula is C20H25IN2O2. The normalized spacial score (nSPS) is 15.1. The molecule has 2 heterocycles. The molecule has 0 aliphatic carbocycles. The Bertz CT molecular complexity index is 695. The Morgan fingerprint density at radius 3 is 2.44 bits per heavy atom. The summed E-state index contributed by atoms with van der Waals surface area (Å²) in [6.07, 6.45) is 8.40. The van der Waals surface area contributed by atoms with E-state index in [0.29, 0.717) is 0 Å². The van der Waals surface area contributed by atoms with Crippen LogP contribution in [-0.2, 0) is 18.3 Å². The van der Waals surface area contributed by atoms with Gasteiger partial charge in [0.15, 0.2) is 12.4 Å². The molecule has 1 aromatic heterocycles. The summed E-state index contributed by atoms with van der Waals surface area (Å²) in [5, 5.41) is 0. The Labute approximate surface area is 167 Å². The monoisotopic (exact) mass is 452 g/mol. The van der Waals surface area contributed by atoms with Crippen molar-refractivity contribution in [1.82, 2.24) is 4.90 Å². The molecule has 0 radical (unpaired) electrons. The lowest BCUT2D eigenvalue weighted by molar-refractivity contribution is -0.671. The molecule has 3 rings (SSSR count). The zero-order chi connectivity index (χ0) is 16.8. The fourth-order valence-electron chi connectivity index (χ4n) is 2.84. The van der Waals surface area contributed by atoms with Crippen LogP contribution in [0.1, 0.15) is 16.7 Å². The van der Waals surface area contributed by atoms with Gasteiger partial charge in [0.05, 0.1) is 20.3 Å². The molecule has 1 aromatic carbocycles. The van der Waals surface area contributed by atoms with Crippen molar-refractivity contribution in [2.45, 2.75) is 6.54 Å². The van der Waals surface area contributed by atoms with Crippen molar-refractivity contribution in [2.24, 2.45) is 7.05 Å². The van der Waals surface area contributed by atoms with Crippen molar-refractivity contribution >= 4 is 12.2 Å². The van der Waals surface area contributed by atoms with Gasteiger partial charge in [-0.25, -0.2) is 4.57 Å². The highest BCUT2D eigenvalue weighted by Crippen LogP contribution is 2.23. The van der Waals surface area contributed by atoms with Crippen molar-refractivity contribution in [3.05, 3.63) is 59.4 Å². The number of morpholine rings is 1. The van der Waals surface area contributed by atoms with E-state index in [1.54, 1.807) is 7.11 Å². The third kappa shape index (κ3) is 5.80. The molecule has 25 heavy (non-hydrogen) atoms. The van der Waals surface area contributed by atoms with E-state index in [2.05, 4.69) is 59.8 Å². The summed E-state index contributed by atoms with van der Waals surface area (Å²) >= 11 is 0. The van der Waals surface area contributed by atoms with E-state index in [9.17, 15) is 0 Å². The number of methoxy groups -OCH3 is 1. The number of aryl methyl sites for hydroxylation is 1. The molecule has 2 aromatic rings. The molecule has 0 unspecified atom stereocenters. The molecular weight excluding hydrogens is 427 g/mol. The Balaban J connectivity index is 0.00000225. The third-order valence-electron chi connectivity index (χ3n) is 4.27. The van der Waals surface area contributed by atoms with Crippen molar-refractivity contribution in [3.63, 3.8) is 0 Å². The van der Waals surface area contributed by atoms with Crippen LogP contribution in [0.15, 0.2) is 42.7 Å². The molecule has 0 amide bonds. The van der Waals surface area contributed by atoms with Gasteiger partial charge < -0.3 is 33.5 Å². The number of halogens is 1. The highest BCUT2D eigenvalue weighted by atomic mass is 127. The van der Waals surface area contributed by atoms with E-state index in [1.807, 2.05) is 11.6 Å². The smallest absolute Gasteiger partial charge is 0.169 e. The average molecular weight is 452 g/mol. The predicted molar refractivity (Wildman–Crippen MR) is 95.6 cm³/mol. The van der Waals surface area contributed by atoms with Gasteiger partial charge in [0.1, 0.15) is 12.8 Å². The first kappa shape index (κ1) is 19.9. The number of benzene rings is 1. The summed E-state index contributed by atoms with van der Waals surface area (Å²) in [6, 6.07) is 10.6. The molecule has 5 heteroatoms. The van der Waals surface area contributed by atoms with Crippen molar-refractivity contribution in [3.8, 4) is 5.75 Å². The van der Waals surface area contributed by atoms with Crippen LogP contribution in [0.4, 0.5) is 0 Å². The second-order valence-electron chi connectivity index (χ2n) is 6.09. The fourth-order valence-corrected chi connectivity index (χ4v) is 2.84. The molecule has 1 fully saturated rings. The molecule has 1 saturated heterocycles. The van der Waals surface area contributed by atoms with Gasteiger partial charge in [-0.05, 0) is 23.3 Å². The molecule has 0 N–H and O–H groups in total. The van der Waals surface area contributed by atoms with E-state index >= 15 is 0 Å². The molecule has 0 bridgehead atoms. The van der Waals surface area contributed by atoms with E-state index < -0.39 is 0 Å². The van der Waals surface area contributed by atoms with E-state index in [-0.39, 0.29) is 24.0 Å². The van der Waals surface area contributed by atoms with E-state index in [1.165, 1.54) is 16.7 Å². The summed E-state index contributed by atoms with van der Waals surface area (Å²) in [6.45, 7) is 4.48. The van der Waals surface area contributed by atoms with Crippen LogP contribution in [0.3, 0.4) is 0 Å². The van der Waals surface area contributed by atoms with Gasteiger partial charge in [0, 0.05) is 37.3 Å². The van der Waals surface area contributed by atoms with Crippen LogP contribution in [-0.4, -0.2) is 38.3 Å². The predicted octanol–water partition coefficient (Wildman–Crippen LogP) is -0.474. The molecule has 0 atom stereocenters. The number of aromatic nitrogens is 1. The second-order valence-corrected chi connectivity index (χ2v) is 6.09. The van der Waals surface area contributed by atoms with Crippen LogP contribution in [0.25, 0.3) is 12.2 Å². The molecule has 0 saturated carbocycles. The zero-order valence-corrected chi connectivity index (χ0v) is 17.0. The van der Waals surface area contributed by atoms with Crippen LogP contribution >= 0.6 is 0 Å². The first-order chi connectivity index (χ1) is 11.7. The minimum absolute atomic E-state index is 0. The number of hydrogen-bond acceptors (Lipinski definition) is 3. The van der Waals surface area contributed by atoms with Gasteiger partial charge in [-0.2, -0.15) is 0 Å². The Morgan fingerprint density at radius 2 is 1.76 bits per heavy atom. The van der Waals surface area contributed by atoms with Crippen LogP contribution in [0, 0.1) is 0 Å². The Kier molecular flexibility index (Phi) is 7.87. The van der Waals surface area contributed by atoms with Crippen molar-refractivity contribution < 1.29 is 38.0 Å². The standard InChI is InChI=1S/C20H25N2O2.HI/c1-21-9-7-17(8-10-21)3-4-18-5-6-20(23-2)19(15-18)16-22-11-13-24-14-12-22;/h3-10,15H,11-14,16H2,1-2H3;1H/q+1;/p-1/b4-3+;. The average Bonchev–Trinajstić information content (AvgIpc) is 2.62. The van der Waals surface area contributed by atoms with Crippen LogP contribution < -0.4 is 33.3 Å². The number of hydrogen-bond donors (Lipinski definition) is 0. The third-order valence-corrected chi connectivity index (χ3v) is 4.27. The number of rotatable bonds is 5. The summed E-state index contributed by atoms with van der Waals surface area (Å²) in [7, 11) is 3.76. The summed E-state index contributed by atoms with van der Waals surface area (Å²) in [5.74, 6) is 0.949. The molecule has 1 aliphatic heterocycles. The Morgan fingerprint density at radius 1 is 1.08 bits per heavy atom. The Hall–Kier alpha value is -1.44. The largest absolute Gasteiger partial charge is 1.00 e. The lowest BCUT2D eigenvalue weighted by Gasteiger charge is -2.27. The molecule has 0 spiro atoms. The molecule has 1 aliphatic rings. The van der Waals surface area contributed by atoms with Crippen LogP contribution in [0.2, 0.25) is 0 Å². The van der Waals surface area contributed by atoms with Gasteiger partial charge >= 0.3 is 0 Å². The van der Waals surface area contributed by atoms with E-state index in [0.717, 1.165) is 38.6 Å². The SMILES string of the molecule is COc1ccc(/C=C/c2cc[n+](C)cc2)cc1CN1CCOCC1.[I-]. The van der Waals surface area contributed by atoms with Crippen LogP contribution in [0.5, 0.6) is 5.75 Å². The minimum atomic E-state index is 0. The summed E-state index contributed by atoms with van der Waals surface area (Å²) in [4.78, 5) is 2.41. The maximum Gasteiger partial charge on any atom is 0.169 e. The zero-order valence-electron chi connectivity index (χ0n) is 14.8. The lowest BCUT2D eigenvalue weighted by Crippen LogP contribution is -3.00. The maximum atomic E-state index is 5.53. The molecule has 4 nitrogen and oxygen atoms in total. The number of nitrogens with zero attached hydrogens (tertiary/aromatic N) is 2. The highest BCUT2D eigenvalue weighted by Gasteiger charge is 2.13. The topological polar surface area (TPSA) is 25.6 Å². The van der Waals surface area contributed by atoms with Gasteiger partial charge in [0.2, 0.25) is 0 Å². The van der Waals surface area contributed by atoms with E-state index in [4.69, 9.17) is 9.47 Å². The van der Waals surface area contributed by atoms with Gasteiger partial charge in [-0.1, -0.05) is 18.2 Å². The maximum absolute atomic E-state index is 5.53. The fraction of sp³-hybridized carbons (Fsp3) is 0.350. The summed E-state index contributed by atoms with van der Waals surface area (Å²) < 4.78 is 13.0. The first-order valence-corrected chi connectivity index (χ1v) is 8.35. The highest BCUT2D eigenvalue weighted by molar-refractivity contribution is 5.70. The van der Waals surface area contributed by atoms with Gasteiger partial charge in [-0.15, -0.1) is 0 Å². The lowest BCUT2D eigenvalue weighted by atomic mass is 10.1. The van der Waals surface area contributed by atoms with Crippen molar-refractivity contribution in [1.29, 1.82) is 0 Å². The van der Waals surface area contributed by atoms with Gasteiger partial charge in [-0.3, -0.25) is 4.90 Å². The van der Waals surface area contributed by atoms with Crippen molar-refractivity contribution in [2.75, 3.05) is 33.4 Å². The first-order valence-electron chi connectivity index (χ1n) is 8.35. The minimum Gasteiger partial charge on any atom is -1.00 e.